The normalized spacial score (nSPS) is 11.1. The molecular weight excluding hydrogens is 198 g/mol. The van der Waals surface area contributed by atoms with E-state index in [-0.39, 0.29) is 5.91 Å². The molecule has 76 valence electrons. The lowest BCUT2D eigenvalue weighted by atomic mass is 10.0. The van der Waals surface area contributed by atoms with Gasteiger partial charge in [-0.2, -0.15) is 0 Å². The number of alkyl halides is 1. The van der Waals surface area contributed by atoms with E-state index in [1.165, 1.54) is 6.92 Å². The third-order valence-electron chi connectivity index (χ3n) is 1.87. The van der Waals surface area contributed by atoms with Gasteiger partial charge in [0.25, 0.3) is 0 Å². The van der Waals surface area contributed by atoms with Crippen molar-refractivity contribution in [3.05, 3.63) is 29.8 Å². The standard InChI is InChI=1S/C11H14ClNO/c1-8(14)13-10-6-4-5-9(7-10)11(2,3)12/h4-7H,1-3H3,(H,13,14). The number of amides is 1. The number of nitrogens with one attached hydrogen (secondary N) is 1. The number of hydrogen-bond donors (Lipinski definition) is 1. The number of halogens is 1. The molecule has 0 saturated heterocycles. The van der Waals surface area contributed by atoms with Crippen LogP contribution in [0.15, 0.2) is 24.3 Å². The first kappa shape index (κ1) is 11.1. The molecule has 0 atom stereocenters. The average Bonchev–Trinajstić information content (AvgIpc) is 2.01. The summed E-state index contributed by atoms with van der Waals surface area (Å²) >= 11 is 6.15. The Bertz CT molecular complexity index is 341. The summed E-state index contributed by atoms with van der Waals surface area (Å²) in [7, 11) is 0. The van der Waals surface area contributed by atoms with E-state index < -0.39 is 4.87 Å². The molecule has 1 rings (SSSR count). The van der Waals surface area contributed by atoms with Crippen LogP contribution >= 0.6 is 11.6 Å². The Morgan fingerprint density at radius 3 is 2.57 bits per heavy atom. The average molecular weight is 212 g/mol. The van der Waals surface area contributed by atoms with Crippen LogP contribution in [-0.2, 0) is 9.67 Å². The fourth-order valence-corrected chi connectivity index (χ4v) is 1.29. The highest BCUT2D eigenvalue weighted by atomic mass is 35.5. The van der Waals surface area contributed by atoms with Crippen LogP contribution in [-0.4, -0.2) is 5.91 Å². The molecule has 1 amide bonds. The van der Waals surface area contributed by atoms with Gasteiger partial charge in [-0.3, -0.25) is 4.79 Å². The highest BCUT2D eigenvalue weighted by Crippen LogP contribution is 2.29. The van der Waals surface area contributed by atoms with E-state index in [2.05, 4.69) is 5.32 Å². The fourth-order valence-electron chi connectivity index (χ4n) is 1.17. The molecule has 0 aliphatic rings. The number of rotatable bonds is 2. The first-order valence-corrected chi connectivity index (χ1v) is 4.84. The molecule has 0 aliphatic carbocycles. The van der Waals surface area contributed by atoms with Crippen molar-refractivity contribution in [3.63, 3.8) is 0 Å². The van der Waals surface area contributed by atoms with Crippen molar-refractivity contribution in [2.24, 2.45) is 0 Å². The number of hydrogen-bond acceptors (Lipinski definition) is 1. The Kier molecular flexibility index (Phi) is 3.17. The highest BCUT2D eigenvalue weighted by molar-refractivity contribution is 6.23. The zero-order chi connectivity index (χ0) is 10.8. The molecule has 2 nitrogen and oxygen atoms in total. The quantitative estimate of drug-likeness (QED) is 0.749. The van der Waals surface area contributed by atoms with Gasteiger partial charge in [-0.15, -0.1) is 11.6 Å². The topological polar surface area (TPSA) is 29.1 Å². The molecule has 1 N–H and O–H groups in total. The lowest BCUT2D eigenvalue weighted by Gasteiger charge is -2.17. The van der Waals surface area contributed by atoms with E-state index in [0.717, 1.165) is 11.3 Å². The minimum Gasteiger partial charge on any atom is -0.326 e. The van der Waals surface area contributed by atoms with Crippen LogP contribution in [0.1, 0.15) is 26.3 Å². The molecule has 3 heteroatoms. The zero-order valence-electron chi connectivity index (χ0n) is 8.60. The van der Waals surface area contributed by atoms with Crippen LogP contribution in [0.25, 0.3) is 0 Å². The van der Waals surface area contributed by atoms with Crippen molar-refractivity contribution in [2.75, 3.05) is 5.32 Å². The molecule has 0 aromatic heterocycles. The predicted octanol–water partition coefficient (Wildman–Crippen LogP) is 3.12. The van der Waals surface area contributed by atoms with E-state index in [4.69, 9.17) is 11.6 Å². The second-order valence-electron chi connectivity index (χ2n) is 3.73. The van der Waals surface area contributed by atoms with E-state index in [1.807, 2.05) is 38.1 Å². The predicted molar refractivity (Wildman–Crippen MR) is 59.6 cm³/mol. The maximum absolute atomic E-state index is 10.8. The van der Waals surface area contributed by atoms with Crippen LogP contribution in [0.3, 0.4) is 0 Å². The number of carbonyl (C=O) groups is 1. The Hall–Kier alpha value is -1.02. The maximum Gasteiger partial charge on any atom is 0.221 e. The van der Waals surface area contributed by atoms with Crippen LogP contribution in [0.5, 0.6) is 0 Å². The highest BCUT2D eigenvalue weighted by Gasteiger charge is 2.16. The lowest BCUT2D eigenvalue weighted by molar-refractivity contribution is -0.114. The van der Waals surface area contributed by atoms with Crippen molar-refractivity contribution >= 4 is 23.2 Å². The van der Waals surface area contributed by atoms with E-state index >= 15 is 0 Å². The summed E-state index contributed by atoms with van der Waals surface area (Å²) in [6, 6.07) is 7.55. The molecule has 0 aliphatic heterocycles. The lowest BCUT2D eigenvalue weighted by Crippen LogP contribution is -2.10. The van der Waals surface area contributed by atoms with Crippen LogP contribution in [0.2, 0.25) is 0 Å². The van der Waals surface area contributed by atoms with Gasteiger partial charge < -0.3 is 5.32 Å². The molecule has 0 fully saturated rings. The van der Waals surface area contributed by atoms with Crippen molar-refractivity contribution < 1.29 is 4.79 Å². The summed E-state index contributed by atoms with van der Waals surface area (Å²) in [6.07, 6.45) is 0. The molecule has 0 radical (unpaired) electrons. The third kappa shape index (κ3) is 3.04. The number of carbonyl (C=O) groups excluding carboxylic acids is 1. The van der Waals surface area contributed by atoms with Gasteiger partial charge in [0.05, 0.1) is 4.87 Å². The molecule has 0 saturated carbocycles. The molecule has 0 unspecified atom stereocenters. The van der Waals surface area contributed by atoms with Gasteiger partial charge in [-0.05, 0) is 31.5 Å². The summed E-state index contributed by atoms with van der Waals surface area (Å²) in [5.74, 6) is -0.0745. The van der Waals surface area contributed by atoms with Crippen LogP contribution < -0.4 is 5.32 Å². The molecule has 1 aromatic carbocycles. The monoisotopic (exact) mass is 211 g/mol. The Morgan fingerprint density at radius 2 is 2.07 bits per heavy atom. The van der Waals surface area contributed by atoms with Gasteiger partial charge in [0.15, 0.2) is 0 Å². The first-order valence-electron chi connectivity index (χ1n) is 4.46. The largest absolute Gasteiger partial charge is 0.326 e. The fraction of sp³-hybridized carbons (Fsp3) is 0.364. The van der Waals surface area contributed by atoms with Crippen molar-refractivity contribution in [3.8, 4) is 0 Å². The van der Waals surface area contributed by atoms with E-state index in [9.17, 15) is 4.79 Å². The third-order valence-corrected chi connectivity index (χ3v) is 2.09. The number of anilines is 1. The van der Waals surface area contributed by atoms with Gasteiger partial charge in [0.1, 0.15) is 0 Å². The summed E-state index contributed by atoms with van der Waals surface area (Å²) in [5.41, 5.74) is 1.77. The molecule has 0 spiro atoms. The minimum atomic E-state index is -0.408. The summed E-state index contributed by atoms with van der Waals surface area (Å²) in [4.78, 5) is 10.4. The maximum atomic E-state index is 10.8. The second kappa shape index (κ2) is 4.01. The van der Waals surface area contributed by atoms with Crippen molar-refractivity contribution in [1.29, 1.82) is 0 Å². The Morgan fingerprint density at radius 1 is 1.43 bits per heavy atom. The minimum absolute atomic E-state index is 0.0745. The Labute approximate surface area is 89.3 Å². The van der Waals surface area contributed by atoms with E-state index in [0.29, 0.717) is 0 Å². The molecular formula is C11H14ClNO. The second-order valence-corrected chi connectivity index (χ2v) is 4.68. The van der Waals surface area contributed by atoms with E-state index in [1.54, 1.807) is 0 Å². The SMILES string of the molecule is CC(=O)Nc1cccc(C(C)(C)Cl)c1. The zero-order valence-corrected chi connectivity index (χ0v) is 9.35. The molecule has 1 aromatic rings. The van der Waals surface area contributed by atoms with Gasteiger partial charge in [0, 0.05) is 12.6 Å². The summed E-state index contributed by atoms with van der Waals surface area (Å²) < 4.78 is 0. The van der Waals surface area contributed by atoms with Gasteiger partial charge >= 0.3 is 0 Å². The van der Waals surface area contributed by atoms with Crippen molar-refractivity contribution in [2.45, 2.75) is 25.6 Å². The molecule has 0 bridgehead atoms. The Balaban J connectivity index is 2.95. The smallest absolute Gasteiger partial charge is 0.221 e. The first-order chi connectivity index (χ1) is 6.39. The van der Waals surface area contributed by atoms with Crippen LogP contribution in [0.4, 0.5) is 5.69 Å². The summed E-state index contributed by atoms with van der Waals surface area (Å²) in [6.45, 7) is 5.32. The number of benzene rings is 1. The van der Waals surface area contributed by atoms with Gasteiger partial charge in [-0.25, -0.2) is 0 Å². The molecule has 14 heavy (non-hydrogen) atoms. The van der Waals surface area contributed by atoms with Crippen LogP contribution in [0, 0.1) is 0 Å². The van der Waals surface area contributed by atoms with Gasteiger partial charge in [0.2, 0.25) is 5.91 Å². The molecule has 0 heterocycles. The van der Waals surface area contributed by atoms with Gasteiger partial charge in [-0.1, -0.05) is 12.1 Å². The summed E-state index contributed by atoms with van der Waals surface area (Å²) in [5, 5.41) is 2.72. The van der Waals surface area contributed by atoms with Crippen molar-refractivity contribution in [1.82, 2.24) is 0 Å².